The van der Waals surface area contributed by atoms with Crippen molar-refractivity contribution in [1.29, 1.82) is 5.41 Å². The molecule has 0 aromatic carbocycles. The molecule has 0 aliphatic rings. The Balaban J connectivity index is 3.50. The second kappa shape index (κ2) is 4.00. The van der Waals surface area contributed by atoms with Crippen LogP contribution in [0.25, 0.3) is 0 Å². The monoisotopic (exact) mass is 166 g/mol. The van der Waals surface area contributed by atoms with E-state index in [0.717, 1.165) is 6.20 Å². The van der Waals surface area contributed by atoms with E-state index in [0.29, 0.717) is 0 Å². The lowest BCUT2D eigenvalue weighted by molar-refractivity contribution is -0.122. The van der Waals surface area contributed by atoms with Crippen LogP contribution < -0.4 is 5.32 Å². The molecule has 0 aliphatic heterocycles. The van der Waals surface area contributed by atoms with Crippen molar-refractivity contribution in [2.24, 2.45) is 0 Å². The third kappa shape index (κ3) is 9.00. The van der Waals surface area contributed by atoms with Gasteiger partial charge >= 0.3 is 6.18 Å². The summed E-state index contributed by atoms with van der Waals surface area (Å²) < 4.78 is 34.3. The van der Waals surface area contributed by atoms with Crippen molar-refractivity contribution < 1.29 is 13.2 Å². The zero-order valence-corrected chi connectivity index (χ0v) is 6.00. The Bertz CT molecular complexity index is 160. The van der Waals surface area contributed by atoms with Crippen LogP contribution in [0.5, 0.6) is 0 Å². The molecule has 0 aliphatic carbocycles. The lowest BCUT2D eigenvalue weighted by Crippen LogP contribution is -2.24. The molecule has 2 nitrogen and oxygen atoms in total. The molecular formula is C6H9F3N2. The molecule has 0 saturated carbocycles. The highest BCUT2D eigenvalue weighted by atomic mass is 19.4. The minimum atomic E-state index is -4.19. The quantitative estimate of drug-likeness (QED) is 0.615. The maximum absolute atomic E-state index is 11.4. The van der Waals surface area contributed by atoms with E-state index in [9.17, 15) is 13.2 Å². The Kier molecular flexibility index (Phi) is 3.64. The molecule has 0 amide bonds. The Morgan fingerprint density at radius 2 is 2.09 bits per heavy atom. The summed E-state index contributed by atoms with van der Waals surface area (Å²) in [6, 6.07) is 0. The molecule has 0 saturated heterocycles. The summed E-state index contributed by atoms with van der Waals surface area (Å²) in [6.45, 7) is 0.419. The average Bonchev–Trinajstić information content (AvgIpc) is 1.78. The molecule has 0 heterocycles. The maximum atomic E-state index is 11.4. The molecule has 0 radical (unpaired) electrons. The van der Waals surface area contributed by atoms with Crippen LogP contribution in [0.1, 0.15) is 6.92 Å². The van der Waals surface area contributed by atoms with Gasteiger partial charge in [0.2, 0.25) is 0 Å². The second-order valence-electron chi connectivity index (χ2n) is 2.01. The lowest BCUT2D eigenvalue weighted by atomic mass is 10.4. The fraction of sp³-hybridized carbons (Fsp3) is 0.500. The summed E-state index contributed by atoms with van der Waals surface area (Å²) in [5.74, 6) is 0. The summed E-state index contributed by atoms with van der Waals surface area (Å²) in [4.78, 5) is 0. The highest BCUT2D eigenvalue weighted by Crippen LogP contribution is 2.11. The smallest absolute Gasteiger partial charge is 0.382 e. The zero-order chi connectivity index (χ0) is 8.91. The Morgan fingerprint density at radius 3 is 2.45 bits per heavy atom. The van der Waals surface area contributed by atoms with Crippen molar-refractivity contribution >= 4 is 5.71 Å². The third-order valence-corrected chi connectivity index (χ3v) is 0.754. The van der Waals surface area contributed by atoms with Crippen molar-refractivity contribution in [2.75, 3.05) is 6.54 Å². The molecule has 0 unspecified atom stereocenters. The van der Waals surface area contributed by atoms with E-state index in [-0.39, 0.29) is 5.71 Å². The van der Waals surface area contributed by atoms with E-state index < -0.39 is 12.7 Å². The third-order valence-electron chi connectivity index (χ3n) is 0.754. The standard InChI is InChI=1S/C6H9F3N2/c1-5(10)2-3-11-4-6(7,8)9/h2-3,10-11H,4H2,1H3/b3-2-,10-5?. The summed E-state index contributed by atoms with van der Waals surface area (Å²) in [7, 11) is 0. The van der Waals surface area contributed by atoms with Crippen LogP contribution in [-0.2, 0) is 0 Å². The van der Waals surface area contributed by atoms with E-state index in [4.69, 9.17) is 5.41 Å². The average molecular weight is 166 g/mol. The number of hydrogen-bond donors (Lipinski definition) is 2. The van der Waals surface area contributed by atoms with Gasteiger partial charge in [0, 0.05) is 5.71 Å². The largest absolute Gasteiger partial charge is 0.405 e. The fourth-order valence-corrected chi connectivity index (χ4v) is 0.359. The topological polar surface area (TPSA) is 35.9 Å². The fourth-order valence-electron chi connectivity index (χ4n) is 0.359. The Hall–Kier alpha value is -1.00. The van der Waals surface area contributed by atoms with Crippen LogP contribution in [0.4, 0.5) is 13.2 Å². The van der Waals surface area contributed by atoms with E-state index in [2.05, 4.69) is 0 Å². The predicted molar refractivity (Wildman–Crippen MR) is 36.6 cm³/mol. The SMILES string of the molecule is CC(=N)/C=C\NCC(F)(F)F. The number of halogens is 3. The number of nitrogens with one attached hydrogen (secondary N) is 2. The van der Waals surface area contributed by atoms with E-state index in [1.165, 1.54) is 13.0 Å². The first kappa shape index (κ1) is 10.0. The maximum Gasteiger partial charge on any atom is 0.405 e. The van der Waals surface area contributed by atoms with Gasteiger partial charge in [-0.05, 0) is 19.2 Å². The van der Waals surface area contributed by atoms with Crippen molar-refractivity contribution in [3.8, 4) is 0 Å². The van der Waals surface area contributed by atoms with Gasteiger partial charge < -0.3 is 10.7 Å². The predicted octanol–water partition coefficient (Wildman–Crippen LogP) is 1.69. The number of rotatable bonds is 3. The lowest BCUT2D eigenvalue weighted by Gasteiger charge is -2.04. The molecule has 2 N–H and O–H groups in total. The van der Waals surface area contributed by atoms with Gasteiger partial charge in [-0.15, -0.1) is 0 Å². The zero-order valence-electron chi connectivity index (χ0n) is 6.00. The molecular weight excluding hydrogens is 157 g/mol. The van der Waals surface area contributed by atoms with Gasteiger partial charge in [0.1, 0.15) is 6.54 Å². The van der Waals surface area contributed by atoms with Gasteiger partial charge in [0.25, 0.3) is 0 Å². The molecule has 11 heavy (non-hydrogen) atoms. The van der Waals surface area contributed by atoms with Crippen LogP contribution in [0.15, 0.2) is 12.3 Å². The molecule has 5 heteroatoms. The molecule has 0 aromatic rings. The van der Waals surface area contributed by atoms with E-state index in [1.807, 2.05) is 5.32 Å². The van der Waals surface area contributed by atoms with Gasteiger partial charge in [-0.3, -0.25) is 0 Å². The first-order valence-electron chi connectivity index (χ1n) is 2.93. The van der Waals surface area contributed by atoms with E-state index in [1.54, 1.807) is 0 Å². The summed E-state index contributed by atoms with van der Waals surface area (Å²) in [5.41, 5.74) is 0.208. The molecule has 0 rings (SSSR count). The van der Waals surface area contributed by atoms with Gasteiger partial charge in [-0.2, -0.15) is 13.2 Å². The Morgan fingerprint density at radius 1 is 1.55 bits per heavy atom. The van der Waals surface area contributed by atoms with Crippen molar-refractivity contribution in [3.05, 3.63) is 12.3 Å². The molecule has 0 atom stereocenters. The first-order valence-corrected chi connectivity index (χ1v) is 2.93. The minimum Gasteiger partial charge on any atom is -0.382 e. The van der Waals surface area contributed by atoms with Gasteiger partial charge in [-0.1, -0.05) is 0 Å². The van der Waals surface area contributed by atoms with Crippen LogP contribution in [-0.4, -0.2) is 18.4 Å². The minimum absolute atomic E-state index is 0.208. The van der Waals surface area contributed by atoms with E-state index >= 15 is 0 Å². The van der Waals surface area contributed by atoms with Crippen LogP contribution in [0.2, 0.25) is 0 Å². The Labute approximate surface area is 62.6 Å². The molecule has 0 spiro atoms. The number of hydrogen-bond acceptors (Lipinski definition) is 2. The molecule has 0 bridgehead atoms. The number of alkyl halides is 3. The van der Waals surface area contributed by atoms with Gasteiger partial charge in [0.15, 0.2) is 0 Å². The summed E-state index contributed by atoms with van der Waals surface area (Å²) >= 11 is 0. The molecule has 0 aromatic heterocycles. The number of allylic oxidation sites excluding steroid dienone is 1. The highest BCUT2D eigenvalue weighted by molar-refractivity contribution is 5.89. The van der Waals surface area contributed by atoms with Gasteiger partial charge in [0.05, 0.1) is 0 Å². The van der Waals surface area contributed by atoms with Crippen LogP contribution in [0, 0.1) is 5.41 Å². The normalized spacial score (nSPS) is 12.0. The molecule has 0 fully saturated rings. The van der Waals surface area contributed by atoms with Crippen LogP contribution >= 0.6 is 0 Å². The van der Waals surface area contributed by atoms with Crippen molar-refractivity contribution in [3.63, 3.8) is 0 Å². The highest BCUT2D eigenvalue weighted by Gasteiger charge is 2.25. The summed E-state index contributed by atoms with van der Waals surface area (Å²) in [5, 5.41) is 8.83. The van der Waals surface area contributed by atoms with Gasteiger partial charge in [-0.25, -0.2) is 0 Å². The van der Waals surface area contributed by atoms with Crippen molar-refractivity contribution in [1.82, 2.24) is 5.32 Å². The van der Waals surface area contributed by atoms with Crippen LogP contribution in [0.3, 0.4) is 0 Å². The molecule has 64 valence electrons. The second-order valence-corrected chi connectivity index (χ2v) is 2.01. The summed E-state index contributed by atoms with van der Waals surface area (Å²) in [6.07, 6.45) is -1.83. The first-order chi connectivity index (χ1) is 4.92. The van der Waals surface area contributed by atoms with Crippen molar-refractivity contribution in [2.45, 2.75) is 13.1 Å².